The fourth-order valence-electron chi connectivity index (χ4n) is 15.1. The van der Waals surface area contributed by atoms with Crippen LogP contribution in [0.15, 0.2) is 243 Å². The van der Waals surface area contributed by atoms with Crippen molar-refractivity contribution in [3.8, 4) is 11.5 Å². The van der Waals surface area contributed by atoms with Crippen LogP contribution in [0.2, 0.25) is 5.02 Å². The number of thiazole rings is 1. The molecule has 10 aromatic rings. The number of nitrogens with one attached hydrogen (secondary N) is 4. The van der Waals surface area contributed by atoms with Gasteiger partial charge in [-0.2, -0.15) is 0 Å². The van der Waals surface area contributed by atoms with E-state index in [1.165, 1.54) is 44.4 Å². The molecule has 9 heterocycles. The third kappa shape index (κ3) is 28.2. The van der Waals surface area contributed by atoms with Crippen molar-refractivity contribution in [2.75, 3.05) is 101 Å². The molecule has 123 heavy (non-hydrogen) atoms. The van der Waals surface area contributed by atoms with Gasteiger partial charge in [0.1, 0.15) is 29.0 Å². The van der Waals surface area contributed by atoms with E-state index in [0.29, 0.717) is 65.5 Å². The third-order valence-corrected chi connectivity index (χ3v) is 22.9. The number of hydrogen-bond donors (Lipinski definition) is 4. The molecule has 5 atom stereocenters. The van der Waals surface area contributed by atoms with Crippen LogP contribution in [0.5, 0.6) is 11.5 Å². The number of anilines is 4. The summed E-state index contributed by atoms with van der Waals surface area (Å²) in [7, 11) is 3.32. The summed E-state index contributed by atoms with van der Waals surface area (Å²) < 4.78 is 10.6. The van der Waals surface area contributed by atoms with Gasteiger partial charge in [0, 0.05) is 182 Å². The van der Waals surface area contributed by atoms with E-state index in [0.717, 1.165) is 147 Å². The highest BCUT2D eigenvalue weighted by atomic mass is 35.5. The molecule has 6 aromatic carbocycles. The molecule has 0 saturated carbocycles. The van der Waals surface area contributed by atoms with Crippen molar-refractivity contribution in [2.24, 2.45) is 0 Å². The zero-order valence-electron chi connectivity index (χ0n) is 70.0. The Hall–Kier alpha value is -13.3. The molecule has 5 fully saturated rings. The third-order valence-electron chi connectivity index (χ3n) is 21.5. The molecule has 4 N–H and O–H groups in total. The number of likely N-dealkylation sites (tertiary alicyclic amines) is 5. The molecule has 26 heteroatoms. The van der Waals surface area contributed by atoms with Crippen LogP contribution in [0.4, 0.5) is 23.1 Å². The summed E-state index contributed by atoms with van der Waals surface area (Å²) in [6.07, 6.45) is 22.4. The van der Waals surface area contributed by atoms with Gasteiger partial charge in [0.25, 0.3) is 0 Å². The molecule has 4 aromatic heterocycles. The summed E-state index contributed by atoms with van der Waals surface area (Å²) in [5, 5.41) is 14.3. The van der Waals surface area contributed by atoms with Crippen LogP contribution < -0.4 is 30.7 Å². The molecule has 5 unspecified atom stereocenters. The Labute approximate surface area is 727 Å². The lowest BCUT2D eigenvalue weighted by atomic mass is 9.97. The number of methoxy groups -OCH3 is 2. The summed E-state index contributed by atoms with van der Waals surface area (Å²) >= 11 is 7.79. The number of hydrogen-bond acceptors (Lipinski definition) is 16. The fourth-order valence-corrected chi connectivity index (χ4v) is 16.1. The molecule has 0 radical (unpaired) electrons. The minimum atomic E-state index is -0.167. The number of para-hydroxylation sites is 1. The van der Waals surface area contributed by atoms with E-state index in [4.69, 9.17) is 21.1 Å². The Morgan fingerprint density at radius 2 is 0.805 bits per heavy atom. The van der Waals surface area contributed by atoms with Gasteiger partial charge in [-0.05, 0) is 173 Å². The summed E-state index contributed by atoms with van der Waals surface area (Å²) in [4.78, 5) is 132. The van der Waals surface area contributed by atoms with Gasteiger partial charge in [0.15, 0.2) is 0 Å². The summed E-state index contributed by atoms with van der Waals surface area (Å²) in [6.45, 7) is 13.4. The summed E-state index contributed by atoms with van der Waals surface area (Å²) in [5.74, 6) is 4.82. The van der Waals surface area contributed by atoms with Crippen LogP contribution in [0.3, 0.4) is 0 Å². The number of carbonyl (C=O) groups excluding carboxylic acids is 9. The van der Waals surface area contributed by atoms with Crippen molar-refractivity contribution in [1.82, 2.24) is 44.4 Å². The predicted octanol–water partition coefficient (Wildman–Crippen LogP) is 15.8. The van der Waals surface area contributed by atoms with Crippen molar-refractivity contribution in [3.63, 3.8) is 0 Å². The van der Waals surface area contributed by atoms with Gasteiger partial charge in [-0.3, -0.25) is 43.2 Å². The molecule has 5 aliphatic rings. The maximum atomic E-state index is 12.5. The molecule has 15 rings (SSSR count). The largest absolute Gasteiger partial charge is 0.497 e. The topological polar surface area (TPSA) is 288 Å². The average Bonchev–Trinajstić information content (AvgIpc) is 1.71. The van der Waals surface area contributed by atoms with Crippen LogP contribution in [0.25, 0.3) is 18.2 Å². The van der Waals surface area contributed by atoms with E-state index in [9.17, 15) is 43.2 Å². The lowest BCUT2D eigenvalue weighted by molar-refractivity contribution is -0.130. The van der Waals surface area contributed by atoms with Crippen molar-refractivity contribution >= 4 is 117 Å². The van der Waals surface area contributed by atoms with Gasteiger partial charge in [-0.25, -0.2) is 19.9 Å². The number of pyridine rings is 3. The Balaban J connectivity index is 0.000000150. The number of halogens is 1. The molecule has 0 spiro atoms. The van der Waals surface area contributed by atoms with Gasteiger partial charge >= 0.3 is 0 Å². The van der Waals surface area contributed by atoms with E-state index < -0.39 is 0 Å². The Morgan fingerprint density at radius 1 is 0.407 bits per heavy atom. The Kier molecular flexibility index (Phi) is 33.8. The monoisotopic (exact) mass is 1690 g/mol. The van der Waals surface area contributed by atoms with Gasteiger partial charge in [-0.15, -0.1) is 11.3 Å². The fraction of sp³-hybridized carbons (Fsp3) is 0.289. The molecule has 24 nitrogen and oxygen atoms in total. The molecule has 5 aliphatic heterocycles. The van der Waals surface area contributed by atoms with Gasteiger partial charge in [-0.1, -0.05) is 133 Å². The Bertz CT molecular complexity index is 5280. The van der Waals surface area contributed by atoms with Gasteiger partial charge in [0.05, 0.1) is 32.1 Å². The summed E-state index contributed by atoms with van der Waals surface area (Å²) in [6, 6.07) is 62.3. The molecular weight excluding hydrogens is 1590 g/mol. The van der Waals surface area contributed by atoms with Gasteiger partial charge < -0.3 is 55.2 Å². The highest BCUT2D eigenvalue weighted by Crippen LogP contribution is 2.36. The second-order valence-electron chi connectivity index (χ2n) is 30.5. The van der Waals surface area contributed by atoms with E-state index in [1.807, 2.05) is 157 Å². The standard InChI is InChI=1S/2C21H23N3O3.C20H21N3O2.C18H18ClNO.C17H19N3O2S/c1-15(25)23-20-9-3-16(13-22-20)4-10-21(26)24-12-11-18(14-24)17-5-7-19(27-2)8-6-17;1-15(25)23-20-9-7-16(13-22-20)8-10-21(26)24-12-11-17(14-24)18-5-3-4-6-19(18)27-2;1-15(24)22-19-9-7-16(13-21-19)8-10-20(25)23-12-11-18(14-23)17-5-3-2-4-6-17;19-17-9-5-4-8-15(17)12-18(21)20-11-10-16(13-20)14-6-2-1-3-7-14;1-12(21)19-15-4-2-13(3-5-15)10-16(22)20-8-6-14(11-20)17-18-7-9-23-17/h3-10,13,18H,11-12,14H2,1-2H3,(H,22,23,25);3-10,13,17H,11-12,14H2,1-2H3,(H,22,23,25);2-10,13,18H,11-12,14H2,1H3,(H,21,22,24);1-9,16H,10-13H2;2-5,7,9,14H,6,8,10-11H2,1H3,(H,19,21)/b10-4+;2*10-8+;;. The zero-order valence-corrected chi connectivity index (χ0v) is 71.6. The lowest BCUT2D eigenvalue weighted by Gasteiger charge is -2.17. The highest BCUT2D eigenvalue weighted by molar-refractivity contribution is 7.09. The first kappa shape index (κ1) is 90.5. The first-order valence-electron chi connectivity index (χ1n) is 41.1. The number of benzene rings is 6. The normalized spacial score (nSPS) is 17.0. The van der Waals surface area contributed by atoms with Crippen LogP contribution in [-0.4, -0.2) is 177 Å². The number of aromatic nitrogens is 4. The smallest absolute Gasteiger partial charge is 0.246 e. The molecule has 636 valence electrons. The quantitative estimate of drug-likeness (QED) is 0.0486. The van der Waals surface area contributed by atoms with Crippen molar-refractivity contribution < 1.29 is 52.6 Å². The molecule has 0 bridgehead atoms. The van der Waals surface area contributed by atoms with Crippen molar-refractivity contribution in [2.45, 2.75) is 102 Å². The van der Waals surface area contributed by atoms with E-state index in [-0.39, 0.29) is 59.1 Å². The van der Waals surface area contributed by atoms with E-state index in [2.05, 4.69) is 95.8 Å². The Morgan fingerprint density at radius 3 is 1.24 bits per heavy atom. The molecular formula is C97H104ClN13O11S. The number of carbonyl (C=O) groups is 9. The average molecular weight is 1700 g/mol. The second-order valence-corrected chi connectivity index (χ2v) is 31.8. The number of nitrogens with zero attached hydrogens (tertiary/aromatic N) is 9. The first-order chi connectivity index (χ1) is 59.6. The van der Waals surface area contributed by atoms with Crippen LogP contribution >= 0.6 is 22.9 Å². The zero-order chi connectivity index (χ0) is 87.0. The maximum Gasteiger partial charge on any atom is 0.246 e. The molecule has 0 aliphatic carbocycles. The number of amides is 9. The highest BCUT2D eigenvalue weighted by Gasteiger charge is 2.32. The lowest BCUT2D eigenvalue weighted by Crippen LogP contribution is -2.29. The van der Waals surface area contributed by atoms with E-state index >= 15 is 0 Å². The molecule has 9 amide bonds. The summed E-state index contributed by atoms with van der Waals surface area (Å²) in [5.41, 5.74) is 10.0. The minimum Gasteiger partial charge on any atom is -0.497 e. The van der Waals surface area contributed by atoms with Crippen LogP contribution in [0.1, 0.15) is 144 Å². The van der Waals surface area contributed by atoms with Gasteiger partial charge in [0.2, 0.25) is 53.2 Å². The van der Waals surface area contributed by atoms with Crippen LogP contribution in [0, 0.1) is 0 Å². The SMILES string of the molecule is CC(=O)Nc1ccc(/C=C/C(=O)N2CCC(c3ccccc3)C2)cn1.CC(=O)Nc1ccc(CC(=O)N2CCC(c3nccs3)C2)cc1.COc1ccc(C2CCN(C(=O)/C=C/c3ccc(NC(C)=O)nc3)C2)cc1.COc1ccccc1C1CCN(C(=O)/C=C/c2ccc(NC(C)=O)nc2)C1.O=C(Cc1ccccc1Cl)N1CCC(c2ccccc2)C1. The van der Waals surface area contributed by atoms with Crippen molar-refractivity contribution in [1.29, 1.82) is 0 Å². The van der Waals surface area contributed by atoms with Crippen LogP contribution in [-0.2, 0) is 56.0 Å². The van der Waals surface area contributed by atoms with E-state index in [1.54, 1.807) is 98.8 Å². The van der Waals surface area contributed by atoms with Crippen molar-refractivity contribution in [3.05, 3.63) is 303 Å². The second kappa shape index (κ2) is 46.0. The number of ether oxygens (including phenoxy) is 2. The first-order valence-corrected chi connectivity index (χ1v) is 42.4. The molecule has 5 saturated heterocycles. The predicted molar refractivity (Wildman–Crippen MR) is 483 cm³/mol. The maximum absolute atomic E-state index is 12.5. The minimum absolute atomic E-state index is 0.00282. The number of rotatable bonds is 21.